The molecule has 0 saturated carbocycles. The van der Waals surface area contributed by atoms with Crippen molar-refractivity contribution in [2.24, 2.45) is 0 Å². The summed E-state index contributed by atoms with van der Waals surface area (Å²) in [6.45, 7) is 3.72. The van der Waals surface area contributed by atoms with E-state index in [0.29, 0.717) is 0 Å². The van der Waals surface area contributed by atoms with Crippen LogP contribution in [0.25, 0.3) is 0 Å². The van der Waals surface area contributed by atoms with Gasteiger partial charge in [0, 0.05) is 0 Å². The van der Waals surface area contributed by atoms with E-state index in [1.165, 1.54) is 0 Å². The molecule has 65 valence electrons. The highest BCUT2D eigenvalue weighted by molar-refractivity contribution is 5.22. The van der Waals surface area contributed by atoms with Crippen LogP contribution in [0.1, 0.15) is 5.56 Å². The highest BCUT2D eigenvalue weighted by Gasteiger charge is 2.24. The summed E-state index contributed by atoms with van der Waals surface area (Å²) in [4.78, 5) is 1.67. The zero-order chi connectivity index (χ0) is 9.19. The first-order valence-corrected chi connectivity index (χ1v) is 3.86. The molecule has 0 aliphatic carbocycles. The molecule has 1 atom stereocenters. The average molecular weight is 164 g/mol. The van der Waals surface area contributed by atoms with Gasteiger partial charge in [0.25, 0.3) is 0 Å². The van der Waals surface area contributed by atoms with Crippen LogP contribution in [0.2, 0.25) is 0 Å². The molecular weight excluding hydrogens is 150 g/mol. The Morgan fingerprint density at radius 3 is 2.17 bits per heavy atom. The maximum atomic E-state index is 9.88. The molecule has 0 aliphatic rings. The van der Waals surface area contributed by atoms with E-state index < -0.39 is 5.72 Å². The number of benzene rings is 1. The molecule has 0 bridgehead atoms. The second-order valence-electron chi connectivity index (χ2n) is 3.08. The smallest absolute Gasteiger partial charge is 0.144 e. The molecule has 0 heterocycles. The Labute approximate surface area is 73.4 Å². The van der Waals surface area contributed by atoms with Crippen molar-refractivity contribution in [3.8, 4) is 0 Å². The van der Waals surface area contributed by atoms with Gasteiger partial charge in [0.05, 0.1) is 0 Å². The maximum Gasteiger partial charge on any atom is 0.144 e. The van der Waals surface area contributed by atoms with Gasteiger partial charge in [-0.1, -0.05) is 30.3 Å². The van der Waals surface area contributed by atoms with Crippen LogP contribution in [-0.2, 0) is 5.72 Å². The molecule has 1 unspecified atom stereocenters. The van der Waals surface area contributed by atoms with Gasteiger partial charge >= 0.3 is 0 Å². The van der Waals surface area contributed by atoms with Crippen molar-refractivity contribution < 1.29 is 5.11 Å². The first kappa shape index (κ1) is 9.23. The van der Waals surface area contributed by atoms with Crippen LogP contribution in [0.15, 0.2) is 30.3 Å². The topological polar surface area (TPSA) is 23.5 Å². The van der Waals surface area contributed by atoms with Gasteiger partial charge in [0.2, 0.25) is 0 Å². The van der Waals surface area contributed by atoms with E-state index in [4.69, 9.17) is 0 Å². The minimum atomic E-state index is -1.12. The Morgan fingerprint density at radius 1 is 1.25 bits per heavy atom. The van der Waals surface area contributed by atoms with Crippen molar-refractivity contribution in [3.63, 3.8) is 0 Å². The van der Waals surface area contributed by atoms with Gasteiger partial charge in [-0.2, -0.15) is 0 Å². The van der Waals surface area contributed by atoms with Crippen LogP contribution in [0.4, 0.5) is 0 Å². The van der Waals surface area contributed by atoms with E-state index in [0.717, 1.165) is 5.56 Å². The van der Waals surface area contributed by atoms with Gasteiger partial charge in [-0.05, 0) is 26.6 Å². The lowest BCUT2D eigenvalue weighted by Gasteiger charge is -2.30. The summed E-state index contributed by atoms with van der Waals surface area (Å²) in [5, 5.41) is 9.88. The predicted octanol–water partition coefficient (Wildman–Crippen LogP) is 1.23. The maximum absolute atomic E-state index is 9.88. The van der Waals surface area contributed by atoms with E-state index >= 15 is 0 Å². The largest absolute Gasteiger partial charge is 0.371 e. The Kier molecular flexibility index (Phi) is 2.50. The molecule has 1 aromatic rings. The Morgan fingerprint density at radius 2 is 1.75 bits per heavy atom. The molecular formula is C10H14NO. The molecule has 0 aliphatic heterocycles. The van der Waals surface area contributed by atoms with Crippen LogP contribution in [-0.4, -0.2) is 24.1 Å². The summed E-state index contributed by atoms with van der Waals surface area (Å²) in [6.07, 6.45) is 0. The summed E-state index contributed by atoms with van der Waals surface area (Å²) in [6, 6.07) is 9.39. The molecule has 0 spiro atoms. The van der Waals surface area contributed by atoms with Crippen LogP contribution >= 0.6 is 0 Å². The van der Waals surface area contributed by atoms with Gasteiger partial charge < -0.3 is 5.11 Å². The second kappa shape index (κ2) is 3.25. The third kappa shape index (κ3) is 1.65. The zero-order valence-corrected chi connectivity index (χ0v) is 7.49. The van der Waals surface area contributed by atoms with Gasteiger partial charge in [-0.25, -0.2) is 0 Å². The number of aliphatic hydroxyl groups is 1. The normalized spacial score (nSPS) is 16.1. The molecule has 1 N–H and O–H groups in total. The van der Waals surface area contributed by atoms with Crippen molar-refractivity contribution in [1.82, 2.24) is 4.90 Å². The molecule has 2 nitrogen and oxygen atoms in total. The van der Waals surface area contributed by atoms with Crippen molar-refractivity contribution in [2.45, 2.75) is 5.72 Å². The first-order valence-electron chi connectivity index (χ1n) is 3.86. The average Bonchev–Trinajstić information content (AvgIpc) is 2.06. The number of rotatable bonds is 2. The van der Waals surface area contributed by atoms with E-state index in [-0.39, 0.29) is 0 Å². The molecule has 0 amide bonds. The molecule has 1 aromatic carbocycles. The Hall–Kier alpha value is -0.860. The minimum Gasteiger partial charge on any atom is -0.371 e. The highest BCUT2D eigenvalue weighted by Crippen LogP contribution is 2.20. The number of hydrogen-bond acceptors (Lipinski definition) is 2. The monoisotopic (exact) mass is 164 g/mol. The fraction of sp³-hybridized carbons (Fsp3) is 0.300. The number of hydrogen-bond donors (Lipinski definition) is 1. The summed E-state index contributed by atoms with van der Waals surface area (Å²) < 4.78 is 0. The molecule has 0 saturated heterocycles. The molecule has 1 rings (SSSR count). The summed E-state index contributed by atoms with van der Waals surface area (Å²) in [5.74, 6) is 0. The molecule has 0 fully saturated rings. The zero-order valence-electron chi connectivity index (χ0n) is 7.49. The third-order valence-corrected chi connectivity index (χ3v) is 1.98. The summed E-state index contributed by atoms with van der Waals surface area (Å²) >= 11 is 0. The Balaban J connectivity index is 2.98. The van der Waals surface area contributed by atoms with Crippen LogP contribution < -0.4 is 0 Å². The first-order chi connectivity index (χ1) is 5.55. The van der Waals surface area contributed by atoms with Crippen molar-refractivity contribution in [2.75, 3.05) is 14.1 Å². The lowest BCUT2D eigenvalue weighted by molar-refractivity contribution is -0.0464. The van der Waals surface area contributed by atoms with Gasteiger partial charge in [-0.15, -0.1) is 0 Å². The lowest BCUT2D eigenvalue weighted by atomic mass is 10.0. The standard InChI is InChI=1S/C10H14NO/c1-10(12,11(2)3)9-7-5-4-6-8-9/h4-8,12H,1H2,2-3H3. The van der Waals surface area contributed by atoms with Crippen molar-refractivity contribution in [3.05, 3.63) is 42.8 Å². The van der Waals surface area contributed by atoms with Gasteiger partial charge in [0.15, 0.2) is 0 Å². The fourth-order valence-corrected chi connectivity index (χ4v) is 0.963. The van der Waals surface area contributed by atoms with Crippen LogP contribution in [0.3, 0.4) is 0 Å². The summed E-state index contributed by atoms with van der Waals surface area (Å²) in [5.41, 5.74) is -0.323. The van der Waals surface area contributed by atoms with E-state index in [9.17, 15) is 5.11 Å². The van der Waals surface area contributed by atoms with Crippen LogP contribution in [0, 0.1) is 6.92 Å². The lowest BCUT2D eigenvalue weighted by Crippen LogP contribution is -2.38. The van der Waals surface area contributed by atoms with E-state index in [2.05, 4.69) is 6.92 Å². The molecule has 1 radical (unpaired) electrons. The van der Waals surface area contributed by atoms with E-state index in [1.807, 2.05) is 30.3 Å². The van der Waals surface area contributed by atoms with Gasteiger partial charge in [-0.3, -0.25) is 4.90 Å². The molecule has 0 aromatic heterocycles. The van der Waals surface area contributed by atoms with E-state index in [1.54, 1.807) is 19.0 Å². The fourth-order valence-electron chi connectivity index (χ4n) is 0.963. The highest BCUT2D eigenvalue weighted by atomic mass is 16.3. The van der Waals surface area contributed by atoms with Crippen molar-refractivity contribution in [1.29, 1.82) is 0 Å². The quantitative estimate of drug-likeness (QED) is 0.664. The molecule has 2 heteroatoms. The molecule has 12 heavy (non-hydrogen) atoms. The third-order valence-electron chi connectivity index (χ3n) is 1.98. The van der Waals surface area contributed by atoms with Crippen molar-refractivity contribution >= 4 is 0 Å². The Bertz CT molecular complexity index is 241. The minimum absolute atomic E-state index is 0.801. The summed E-state index contributed by atoms with van der Waals surface area (Å²) in [7, 11) is 3.58. The second-order valence-corrected chi connectivity index (χ2v) is 3.08. The van der Waals surface area contributed by atoms with Gasteiger partial charge in [0.1, 0.15) is 5.72 Å². The predicted molar refractivity (Wildman–Crippen MR) is 49.4 cm³/mol. The number of nitrogens with zero attached hydrogens (tertiary/aromatic N) is 1. The van der Waals surface area contributed by atoms with Crippen LogP contribution in [0.5, 0.6) is 0 Å². The SMILES string of the molecule is [CH2]C(O)(c1ccccc1)N(C)C.